The van der Waals surface area contributed by atoms with Crippen molar-refractivity contribution in [3.8, 4) is 11.5 Å². The summed E-state index contributed by atoms with van der Waals surface area (Å²) in [4.78, 5) is 12.6. The third-order valence-corrected chi connectivity index (χ3v) is 4.94. The number of ether oxygens (including phenoxy) is 2. The lowest BCUT2D eigenvalue weighted by Gasteiger charge is -2.19. The number of hydrogen-bond donors (Lipinski definition) is 1. The summed E-state index contributed by atoms with van der Waals surface area (Å²) in [6.45, 7) is 4.15. The first kappa shape index (κ1) is 17.3. The minimum atomic E-state index is -0.117. The first-order valence-corrected chi connectivity index (χ1v) is 8.68. The predicted octanol–water partition coefficient (Wildman–Crippen LogP) is 3.99. The van der Waals surface area contributed by atoms with Crippen molar-refractivity contribution in [2.24, 2.45) is 0 Å². The van der Waals surface area contributed by atoms with Crippen LogP contribution in [0.2, 0.25) is 0 Å². The summed E-state index contributed by atoms with van der Waals surface area (Å²) >= 11 is 0. The molecule has 1 atom stereocenters. The molecule has 1 aliphatic carbocycles. The van der Waals surface area contributed by atoms with Gasteiger partial charge in [-0.25, -0.2) is 0 Å². The van der Waals surface area contributed by atoms with E-state index in [1.54, 1.807) is 32.4 Å². The Balaban J connectivity index is 1.79. The van der Waals surface area contributed by atoms with Gasteiger partial charge in [-0.3, -0.25) is 4.79 Å². The van der Waals surface area contributed by atoms with E-state index >= 15 is 0 Å². The van der Waals surface area contributed by atoms with Gasteiger partial charge in [0.15, 0.2) is 11.5 Å². The maximum atomic E-state index is 12.6. The number of carbonyl (C=O) groups excluding carboxylic acids is 1. The summed E-state index contributed by atoms with van der Waals surface area (Å²) in [7, 11) is 3.15. The van der Waals surface area contributed by atoms with Gasteiger partial charge in [-0.1, -0.05) is 12.1 Å². The van der Waals surface area contributed by atoms with E-state index in [0.717, 1.165) is 6.42 Å². The van der Waals surface area contributed by atoms with Crippen molar-refractivity contribution >= 4 is 5.91 Å². The number of fused-ring (bicyclic) bond motifs is 1. The fourth-order valence-electron chi connectivity index (χ4n) is 3.57. The molecule has 0 aliphatic heterocycles. The van der Waals surface area contributed by atoms with E-state index in [2.05, 4.69) is 24.4 Å². The second kappa shape index (κ2) is 7.18. The number of carbonyl (C=O) groups is 1. The number of rotatable bonds is 5. The minimum absolute atomic E-state index is 0.0495. The van der Waals surface area contributed by atoms with Gasteiger partial charge in [0, 0.05) is 5.56 Å². The Labute approximate surface area is 149 Å². The second-order valence-corrected chi connectivity index (χ2v) is 6.60. The Morgan fingerprint density at radius 1 is 1.04 bits per heavy atom. The number of amides is 1. The predicted molar refractivity (Wildman–Crippen MR) is 98.6 cm³/mol. The zero-order chi connectivity index (χ0) is 18.0. The van der Waals surface area contributed by atoms with Crippen molar-refractivity contribution in [2.45, 2.75) is 39.2 Å². The Morgan fingerprint density at radius 3 is 2.40 bits per heavy atom. The molecule has 1 amide bonds. The van der Waals surface area contributed by atoms with Gasteiger partial charge in [0.2, 0.25) is 0 Å². The van der Waals surface area contributed by atoms with Crippen molar-refractivity contribution in [2.75, 3.05) is 14.2 Å². The standard InChI is InChI=1S/C21H25NO3/c1-13-10-15-6-5-7-16(15)11-18(13)14(2)22-21(23)17-8-9-19(24-3)20(12-17)25-4/h8-12,14H,5-7H2,1-4H3,(H,22,23). The van der Waals surface area contributed by atoms with E-state index in [4.69, 9.17) is 9.47 Å². The molecule has 0 fully saturated rings. The quantitative estimate of drug-likeness (QED) is 0.896. The highest BCUT2D eigenvalue weighted by Gasteiger charge is 2.18. The molecular formula is C21H25NO3. The zero-order valence-electron chi connectivity index (χ0n) is 15.3. The smallest absolute Gasteiger partial charge is 0.251 e. The number of benzene rings is 2. The van der Waals surface area contributed by atoms with Crippen molar-refractivity contribution in [1.82, 2.24) is 5.32 Å². The molecule has 0 saturated carbocycles. The van der Waals surface area contributed by atoms with Crippen molar-refractivity contribution in [3.63, 3.8) is 0 Å². The Kier molecular flexibility index (Phi) is 4.98. The molecule has 4 nitrogen and oxygen atoms in total. The van der Waals surface area contributed by atoms with Crippen molar-refractivity contribution < 1.29 is 14.3 Å². The summed E-state index contributed by atoms with van der Waals surface area (Å²) in [6.07, 6.45) is 3.53. The third kappa shape index (κ3) is 3.48. The highest BCUT2D eigenvalue weighted by atomic mass is 16.5. The fraction of sp³-hybridized carbons (Fsp3) is 0.381. The van der Waals surface area contributed by atoms with Crippen LogP contribution in [0.25, 0.3) is 0 Å². The molecule has 25 heavy (non-hydrogen) atoms. The molecule has 0 heterocycles. The van der Waals surface area contributed by atoms with Gasteiger partial charge in [0.1, 0.15) is 0 Å². The summed E-state index contributed by atoms with van der Waals surface area (Å²) in [6, 6.07) is 9.69. The summed E-state index contributed by atoms with van der Waals surface area (Å²) in [5.41, 5.74) is 5.87. The molecule has 1 aliphatic rings. The van der Waals surface area contributed by atoms with E-state index in [9.17, 15) is 4.79 Å². The monoisotopic (exact) mass is 339 g/mol. The lowest BCUT2D eigenvalue weighted by molar-refractivity contribution is 0.0939. The van der Waals surface area contributed by atoms with E-state index in [1.165, 1.54) is 35.1 Å². The van der Waals surface area contributed by atoms with Crippen LogP contribution in [0.4, 0.5) is 0 Å². The average molecular weight is 339 g/mol. The topological polar surface area (TPSA) is 47.6 Å². The maximum Gasteiger partial charge on any atom is 0.251 e. The molecule has 4 heteroatoms. The fourth-order valence-corrected chi connectivity index (χ4v) is 3.57. The van der Waals surface area contributed by atoms with Crippen LogP contribution in [0.1, 0.15) is 52.0 Å². The molecule has 1 N–H and O–H groups in total. The first-order valence-electron chi connectivity index (χ1n) is 8.68. The van der Waals surface area contributed by atoms with Crippen LogP contribution in [0, 0.1) is 6.92 Å². The number of methoxy groups -OCH3 is 2. The van der Waals surface area contributed by atoms with Gasteiger partial charge < -0.3 is 14.8 Å². The third-order valence-electron chi connectivity index (χ3n) is 4.94. The maximum absolute atomic E-state index is 12.6. The molecule has 1 unspecified atom stereocenters. The molecular weight excluding hydrogens is 314 g/mol. The highest BCUT2D eigenvalue weighted by Crippen LogP contribution is 2.30. The largest absolute Gasteiger partial charge is 0.493 e. The zero-order valence-corrected chi connectivity index (χ0v) is 15.3. The molecule has 0 aromatic heterocycles. The van der Waals surface area contributed by atoms with Crippen LogP contribution >= 0.6 is 0 Å². The number of nitrogens with one attached hydrogen (secondary N) is 1. The molecule has 0 spiro atoms. The molecule has 3 rings (SSSR count). The van der Waals surface area contributed by atoms with E-state index in [0.29, 0.717) is 17.1 Å². The summed E-state index contributed by atoms with van der Waals surface area (Å²) in [5, 5.41) is 3.10. The van der Waals surface area contributed by atoms with Gasteiger partial charge in [-0.2, -0.15) is 0 Å². The lowest BCUT2D eigenvalue weighted by Crippen LogP contribution is -2.27. The number of hydrogen-bond acceptors (Lipinski definition) is 3. The van der Waals surface area contributed by atoms with Crippen LogP contribution in [0.15, 0.2) is 30.3 Å². The van der Waals surface area contributed by atoms with Crippen molar-refractivity contribution in [1.29, 1.82) is 0 Å². The van der Waals surface area contributed by atoms with Gasteiger partial charge in [-0.05, 0) is 73.6 Å². The molecule has 2 aromatic rings. The van der Waals surface area contributed by atoms with Gasteiger partial charge in [0.25, 0.3) is 5.91 Å². The summed E-state index contributed by atoms with van der Waals surface area (Å²) < 4.78 is 10.5. The van der Waals surface area contributed by atoms with Gasteiger partial charge in [-0.15, -0.1) is 0 Å². The SMILES string of the molecule is COc1ccc(C(=O)NC(C)c2cc3c(cc2C)CCC3)cc1OC. The van der Waals surface area contributed by atoms with Gasteiger partial charge in [0.05, 0.1) is 20.3 Å². The molecule has 0 radical (unpaired) electrons. The highest BCUT2D eigenvalue weighted by molar-refractivity contribution is 5.95. The van der Waals surface area contributed by atoms with E-state index < -0.39 is 0 Å². The van der Waals surface area contributed by atoms with Crippen LogP contribution in [-0.4, -0.2) is 20.1 Å². The average Bonchev–Trinajstić information content (AvgIpc) is 3.07. The normalized spacial score (nSPS) is 13.9. The number of aryl methyl sites for hydroxylation is 3. The van der Waals surface area contributed by atoms with Crippen LogP contribution in [0.3, 0.4) is 0 Å². The summed E-state index contributed by atoms with van der Waals surface area (Å²) in [5.74, 6) is 1.05. The van der Waals surface area contributed by atoms with E-state index in [-0.39, 0.29) is 11.9 Å². The molecule has 132 valence electrons. The molecule has 0 bridgehead atoms. The van der Waals surface area contributed by atoms with Crippen molar-refractivity contribution in [3.05, 3.63) is 58.1 Å². The Hall–Kier alpha value is -2.49. The Bertz CT molecular complexity index is 798. The minimum Gasteiger partial charge on any atom is -0.493 e. The molecule has 0 saturated heterocycles. The van der Waals surface area contributed by atoms with Gasteiger partial charge >= 0.3 is 0 Å². The molecule has 2 aromatic carbocycles. The van der Waals surface area contributed by atoms with Crippen LogP contribution in [0.5, 0.6) is 11.5 Å². The van der Waals surface area contributed by atoms with Crippen LogP contribution in [-0.2, 0) is 12.8 Å². The lowest BCUT2D eigenvalue weighted by atomic mass is 9.96. The van der Waals surface area contributed by atoms with Crippen LogP contribution < -0.4 is 14.8 Å². The Morgan fingerprint density at radius 2 is 1.72 bits per heavy atom. The van der Waals surface area contributed by atoms with E-state index in [1.807, 2.05) is 6.92 Å². The first-order chi connectivity index (χ1) is 12.0. The second-order valence-electron chi connectivity index (χ2n) is 6.60.